The first kappa shape index (κ1) is 7.12. The topological polar surface area (TPSA) is 29.4 Å². The van der Waals surface area contributed by atoms with E-state index in [2.05, 4.69) is 5.18 Å². The molecule has 0 amide bonds. The van der Waals surface area contributed by atoms with Gasteiger partial charge >= 0.3 is 0 Å². The summed E-state index contributed by atoms with van der Waals surface area (Å²) in [4.78, 5) is 9.95. The molecule has 0 spiro atoms. The van der Waals surface area contributed by atoms with Gasteiger partial charge in [-0.05, 0) is 11.3 Å². The van der Waals surface area contributed by atoms with Crippen molar-refractivity contribution in [3.63, 3.8) is 0 Å². The van der Waals surface area contributed by atoms with Crippen molar-refractivity contribution in [2.45, 2.75) is 6.42 Å². The van der Waals surface area contributed by atoms with Crippen molar-refractivity contribution in [3.05, 3.63) is 28.8 Å². The quantitative estimate of drug-likeness (QED) is 0.542. The summed E-state index contributed by atoms with van der Waals surface area (Å²) >= 11 is 0. The van der Waals surface area contributed by atoms with Gasteiger partial charge in [0.2, 0.25) is 0 Å². The molecule has 0 aromatic carbocycles. The van der Waals surface area contributed by atoms with E-state index in [1.54, 1.807) is 18.2 Å². The average molecular weight is 141 g/mol. The third-order valence-electron chi connectivity index (χ3n) is 1.46. The zero-order valence-electron chi connectivity index (χ0n) is 5.46. The minimum absolute atomic E-state index is 0.141. The Labute approximate surface area is 58.4 Å². The van der Waals surface area contributed by atoms with Crippen molar-refractivity contribution < 1.29 is 4.39 Å². The van der Waals surface area contributed by atoms with Crippen LogP contribution in [-0.4, -0.2) is 6.67 Å². The van der Waals surface area contributed by atoms with Gasteiger partial charge in [-0.2, -0.15) is 0 Å². The molecule has 1 unspecified atom stereocenters. The Balaban J connectivity index is 2.58. The minimum Gasteiger partial charge on any atom is -0.250 e. The molecule has 3 heteroatoms. The largest absolute Gasteiger partial charge is 0.250 e. The molecular formula is C7H8FNO. The summed E-state index contributed by atoms with van der Waals surface area (Å²) in [5.74, 6) is -0.141. The fraction of sp³-hybridized carbons (Fsp3) is 0.429. The first-order valence-electron chi connectivity index (χ1n) is 3.13. The number of allylic oxidation sites excluding steroid dienone is 4. The van der Waals surface area contributed by atoms with Crippen LogP contribution >= 0.6 is 0 Å². The molecule has 0 fully saturated rings. The first-order valence-corrected chi connectivity index (χ1v) is 3.13. The Morgan fingerprint density at radius 3 is 3.20 bits per heavy atom. The maximum Gasteiger partial charge on any atom is 0.0960 e. The lowest BCUT2D eigenvalue weighted by atomic mass is 10.0. The van der Waals surface area contributed by atoms with E-state index >= 15 is 0 Å². The summed E-state index contributed by atoms with van der Waals surface area (Å²) < 4.78 is 12.0. The van der Waals surface area contributed by atoms with Crippen LogP contribution in [0.1, 0.15) is 6.42 Å². The number of halogens is 1. The van der Waals surface area contributed by atoms with Gasteiger partial charge in [-0.1, -0.05) is 12.2 Å². The van der Waals surface area contributed by atoms with Crippen molar-refractivity contribution in [2.75, 3.05) is 6.67 Å². The van der Waals surface area contributed by atoms with Crippen LogP contribution < -0.4 is 0 Å². The number of hydrogen-bond acceptors (Lipinski definition) is 2. The normalized spacial score (nSPS) is 24.1. The molecule has 0 radical (unpaired) electrons. The molecule has 0 saturated carbocycles. The van der Waals surface area contributed by atoms with E-state index < -0.39 is 6.67 Å². The Kier molecular flexibility index (Phi) is 2.31. The van der Waals surface area contributed by atoms with Crippen molar-refractivity contribution >= 4 is 0 Å². The zero-order valence-corrected chi connectivity index (χ0v) is 5.46. The van der Waals surface area contributed by atoms with Gasteiger partial charge in [-0.15, -0.1) is 4.91 Å². The minimum atomic E-state index is -0.413. The van der Waals surface area contributed by atoms with Crippen LogP contribution in [0.15, 0.2) is 29.1 Å². The van der Waals surface area contributed by atoms with Crippen LogP contribution in [-0.2, 0) is 0 Å². The van der Waals surface area contributed by atoms with Crippen LogP contribution in [0.3, 0.4) is 0 Å². The summed E-state index contributed by atoms with van der Waals surface area (Å²) in [7, 11) is 0. The van der Waals surface area contributed by atoms with Gasteiger partial charge in [0.25, 0.3) is 0 Å². The Morgan fingerprint density at radius 1 is 1.80 bits per heavy atom. The van der Waals surface area contributed by atoms with Crippen LogP contribution in [0.25, 0.3) is 0 Å². The molecule has 0 aromatic heterocycles. The fourth-order valence-electron chi connectivity index (χ4n) is 0.902. The maximum absolute atomic E-state index is 12.0. The highest BCUT2D eigenvalue weighted by atomic mass is 19.1. The predicted octanol–water partition coefficient (Wildman–Crippen LogP) is 2.18. The monoisotopic (exact) mass is 141 g/mol. The lowest BCUT2D eigenvalue weighted by molar-refractivity contribution is 0.406. The van der Waals surface area contributed by atoms with Crippen molar-refractivity contribution in [3.8, 4) is 0 Å². The number of hydrogen-bond donors (Lipinski definition) is 0. The number of rotatable bonds is 2. The molecule has 0 N–H and O–H groups in total. The summed E-state index contributed by atoms with van der Waals surface area (Å²) in [6.07, 6.45) is 5.47. The number of nitroso groups, excluding NO2 is 1. The van der Waals surface area contributed by atoms with Gasteiger partial charge < -0.3 is 0 Å². The molecule has 1 aliphatic carbocycles. The van der Waals surface area contributed by atoms with Crippen molar-refractivity contribution in [1.82, 2.24) is 0 Å². The smallest absolute Gasteiger partial charge is 0.0960 e. The number of nitrogens with zero attached hydrogens (tertiary/aromatic N) is 1. The Bertz CT molecular complexity index is 186. The lowest BCUT2D eigenvalue weighted by Gasteiger charge is -2.08. The van der Waals surface area contributed by atoms with E-state index in [9.17, 15) is 9.30 Å². The van der Waals surface area contributed by atoms with E-state index in [0.717, 1.165) is 0 Å². The molecule has 0 saturated heterocycles. The maximum atomic E-state index is 12.0. The standard InChI is InChI=1S/C7H8FNO/c8-5-6-2-1-3-7(4-6)9-10/h1-3,6H,4-5H2. The second-order valence-corrected chi connectivity index (χ2v) is 2.25. The van der Waals surface area contributed by atoms with Crippen LogP contribution in [0.5, 0.6) is 0 Å². The highest BCUT2D eigenvalue weighted by Gasteiger charge is 2.10. The summed E-state index contributed by atoms with van der Waals surface area (Å²) in [6, 6.07) is 0. The molecule has 0 heterocycles. The third kappa shape index (κ3) is 1.50. The van der Waals surface area contributed by atoms with Gasteiger partial charge in [0.15, 0.2) is 0 Å². The molecule has 1 rings (SSSR count). The summed E-state index contributed by atoms with van der Waals surface area (Å²) in [6.45, 7) is -0.413. The van der Waals surface area contributed by atoms with Crippen LogP contribution in [0, 0.1) is 10.8 Å². The van der Waals surface area contributed by atoms with E-state index in [1.807, 2.05) is 0 Å². The highest BCUT2D eigenvalue weighted by molar-refractivity contribution is 5.18. The summed E-state index contributed by atoms with van der Waals surface area (Å²) in [5, 5.41) is 2.74. The fourth-order valence-corrected chi connectivity index (χ4v) is 0.902. The first-order chi connectivity index (χ1) is 4.86. The van der Waals surface area contributed by atoms with Crippen LogP contribution in [0.4, 0.5) is 4.39 Å². The molecular weight excluding hydrogens is 133 g/mol. The van der Waals surface area contributed by atoms with E-state index in [0.29, 0.717) is 12.1 Å². The predicted molar refractivity (Wildman–Crippen MR) is 37.1 cm³/mol. The van der Waals surface area contributed by atoms with E-state index in [4.69, 9.17) is 0 Å². The molecule has 0 aliphatic heterocycles. The van der Waals surface area contributed by atoms with E-state index in [1.165, 1.54) is 0 Å². The molecule has 1 aliphatic rings. The van der Waals surface area contributed by atoms with Gasteiger partial charge in [-0.3, -0.25) is 4.39 Å². The molecule has 10 heavy (non-hydrogen) atoms. The molecule has 0 bridgehead atoms. The molecule has 2 nitrogen and oxygen atoms in total. The van der Waals surface area contributed by atoms with Crippen molar-refractivity contribution in [1.29, 1.82) is 0 Å². The summed E-state index contributed by atoms with van der Waals surface area (Å²) in [5.41, 5.74) is 0.435. The average Bonchev–Trinajstić information content (AvgIpc) is 2.05. The van der Waals surface area contributed by atoms with Gasteiger partial charge in [0, 0.05) is 12.3 Å². The third-order valence-corrected chi connectivity index (χ3v) is 1.46. The lowest BCUT2D eigenvalue weighted by Crippen LogP contribution is -2.02. The van der Waals surface area contributed by atoms with Crippen molar-refractivity contribution in [2.24, 2.45) is 11.1 Å². The Morgan fingerprint density at radius 2 is 2.60 bits per heavy atom. The Hall–Kier alpha value is -0.990. The molecule has 0 aromatic rings. The number of alkyl halides is 1. The van der Waals surface area contributed by atoms with Gasteiger partial charge in [0.1, 0.15) is 0 Å². The second-order valence-electron chi connectivity index (χ2n) is 2.25. The zero-order chi connectivity index (χ0) is 7.40. The van der Waals surface area contributed by atoms with Gasteiger partial charge in [0.05, 0.1) is 12.4 Å². The molecule has 54 valence electrons. The SMILES string of the molecule is O=NC1=CC=CC(CF)C1. The van der Waals surface area contributed by atoms with Gasteiger partial charge in [-0.25, -0.2) is 0 Å². The van der Waals surface area contributed by atoms with Crippen LogP contribution in [0.2, 0.25) is 0 Å². The second kappa shape index (κ2) is 3.25. The van der Waals surface area contributed by atoms with E-state index in [-0.39, 0.29) is 5.92 Å². The molecule has 1 atom stereocenters. The highest BCUT2D eigenvalue weighted by Crippen LogP contribution is 2.19.